The SMILES string of the molecule is CSc1cccc(N2C[C@H](C(=O)NNC(=O)c3cccnc3)CC2=O)c1. The molecule has 0 bridgehead atoms. The van der Waals surface area contributed by atoms with Gasteiger partial charge in [-0.1, -0.05) is 6.07 Å². The summed E-state index contributed by atoms with van der Waals surface area (Å²) < 4.78 is 0. The Kier molecular flexibility index (Phi) is 5.52. The van der Waals surface area contributed by atoms with Crippen molar-refractivity contribution in [1.29, 1.82) is 0 Å². The summed E-state index contributed by atoms with van der Waals surface area (Å²) in [6.45, 7) is 0.283. The summed E-state index contributed by atoms with van der Waals surface area (Å²) in [7, 11) is 0. The first-order valence-electron chi connectivity index (χ1n) is 8.03. The summed E-state index contributed by atoms with van der Waals surface area (Å²) in [5.41, 5.74) is 5.85. The first kappa shape index (κ1) is 17.9. The summed E-state index contributed by atoms with van der Waals surface area (Å²) in [5.74, 6) is -1.48. The summed E-state index contributed by atoms with van der Waals surface area (Å²) in [6, 6.07) is 10.8. The maximum absolute atomic E-state index is 12.3. The van der Waals surface area contributed by atoms with Crippen LogP contribution in [0.1, 0.15) is 16.8 Å². The molecule has 0 aliphatic carbocycles. The molecular weight excluding hydrogens is 352 g/mol. The van der Waals surface area contributed by atoms with Gasteiger partial charge >= 0.3 is 0 Å². The fourth-order valence-electron chi connectivity index (χ4n) is 2.70. The van der Waals surface area contributed by atoms with E-state index in [1.165, 1.54) is 6.20 Å². The average molecular weight is 370 g/mol. The molecule has 3 amide bonds. The molecule has 0 saturated carbocycles. The van der Waals surface area contributed by atoms with E-state index in [-0.39, 0.29) is 24.8 Å². The van der Waals surface area contributed by atoms with E-state index in [0.29, 0.717) is 5.56 Å². The maximum atomic E-state index is 12.3. The summed E-state index contributed by atoms with van der Waals surface area (Å²) in [4.78, 5) is 43.0. The van der Waals surface area contributed by atoms with Crippen LogP contribution in [-0.4, -0.2) is 35.5 Å². The second-order valence-electron chi connectivity index (χ2n) is 5.79. The Morgan fingerprint density at radius 1 is 1.23 bits per heavy atom. The molecule has 0 unspecified atom stereocenters. The highest BCUT2D eigenvalue weighted by Gasteiger charge is 2.35. The molecule has 2 aromatic rings. The minimum Gasteiger partial charge on any atom is -0.312 e. The molecule has 8 heteroatoms. The van der Waals surface area contributed by atoms with Gasteiger partial charge in [0, 0.05) is 35.9 Å². The number of nitrogens with zero attached hydrogens (tertiary/aromatic N) is 2. The van der Waals surface area contributed by atoms with Gasteiger partial charge in [-0.05, 0) is 36.6 Å². The molecule has 7 nitrogen and oxygen atoms in total. The van der Waals surface area contributed by atoms with E-state index >= 15 is 0 Å². The van der Waals surface area contributed by atoms with Crippen molar-refractivity contribution in [2.75, 3.05) is 17.7 Å². The lowest BCUT2D eigenvalue weighted by Crippen LogP contribution is -2.45. The number of nitrogens with one attached hydrogen (secondary N) is 2. The van der Waals surface area contributed by atoms with Gasteiger partial charge in [0.2, 0.25) is 11.8 Å². The van der Waals surface area contributed by atoms with Crippen molar-refractivity contribution in [3.63, 3.8) is 0 Å². The van der Waals surface area contributed by atoms with Gasteiger partial charge in [-0.25, -0.2) is 0 Å². The fourth-order valence-corrected chi connectivity index (χ4v) is 3.15. The Labute approximate surface area is 155 Å². The van der Waals surface area contributed by atoms with E-state index in [1.54, 1.807) is 35.0 Å². The van der Waals surface area contributed by atoms with Crippen molar-refractivity contribution < 1.29 is 14.4 Å². The highest BCUT2D eigenvalue weighted by atomic mass is 32.2. The van der Waals surface area contributed by atoms with E-state index in [1.807, 2.05) is 30.5 Å². The van der Waals surface area contributed by atoms with E-state index in [4.69, 9.17) is 0 Å². The first-order valence-corrected chi connectivity index (χ1v) is 9.25. The number of hydrazine groups is 1. The number of rotatable bonds is 4. The van der Waals surface area contributed by atoms with Gasteiger partial charge in [0.05, 0.1) is 11.5 Å². The van der Waals surface area contributed by atoms with Crippen LogP contribution in [0.2, 0.25) is 0 Å². The summed E-state index contributed by atoms with van der Waals surface area (Å²) in [5, 5.41) is 0. The van der Waals surface area contributed by atoms with Crippen LogP contribution in [-0.2, 0) is 9.59 Å². The fraction of sp³-hybridized carbons (Fsp3) is 0.222. The molecule has 2 heterocycles. The zero-order valence-electron chi connectivity index (χ0n) is 14.1. The molecule has 1 saturated heterocycles. The van der Waals surface area contributed by atoms with Gasteiger partial charge in [-0.15, -0.1) is 11.8 Å². The number of thioether (sulfide) groups is 1. The number of aromatic nitrogens is 1. The Balaban J connectivity index is 1.59. The topological polar surface area (TPSA) is 91.4 Å². The molecule has 0 spiro atoms. The number of benzene rings is 1. The predicted molar refractivity (Wildman–Crippen MR) is 98.5 cm³/mol. The van der Waals surface area contributed by atoms with Crippen molar-refractivity contribution >= 4 is 35.2 Å². The van der Waals surface area contributed by atoms with Crippen LogP contribution in [0.3, 0.4) is 0 Å². The average Bonchev–Trinajstić information content (AvgIpc) is 3.08. The van der Waals surface area contributed by atoms with E-state index in [9.17, 15) is 14.4 Å². The number of carbonyl (C=O) groups is 3. The van der Waals surface area contributed by atoms with Crippen molar-refractivity contribution in [2.24, 2.45) is 5.92 Å². The zero-order valence-corrected chi connectivity index (χ0v) is 15.0. The molecule has 2 N–H and O–H groups in total. The largest absolute Gasteiger partial charge is 0.312 e. The van der Waals surface area contributed by atoms with Crippen LogP contribution in [0.4, 0.5) is 5.69 Å². The Bertz CT molecular complexity index is 828. The summed E-state index contributed by atoms with van der Waals surface area (Å²) >= 11 is 1.59. The van der Waals surface area contributed by atoms with Crippen LogP contribution >= 0.6 is 11.8 Å². The lowest BCUT2D eigenvalue weighted by molar-refractivity contribution is -0.126. The van der Waals surface area contributed by atoms with Crippen LogP contribution in [0.25, 0.3) is 0 Å². The number of hydrogen-bond donors (Lipinski definition) is 2. The molecule has 1 aliphatic rings. The van der Waals surface area contributed by atoms with Crippen molar-refractivity contribution in [3.8, 4) is 0 Å². The third-order valence-corrected chi connectivity index (χ3v) is 4.81. The van der Waals surface area contributed by atoms with Gasteiger partial charge in [0.15, 0.2) is 0 Å². The van der Waals surface area contributed by atoms with Crippen LogP contribution in [0.5, 0.6) is 0 Å². The number of anilines is 1. The minimum absolute atomic E-state index is 0.109. The maximum Gasteiger partial charge on any atom is 0.271 e. The predicted octanol–water partition coefficient (Wildman–Crippen LogP) is 1.62. The lowest BCUT2D eigenvalue weighted by atomic mass is 10.1. The van der Waals surface area contributed by atoms with E-state index in [0.717, 1.165) is 10.6 Å². The number of pyridine rings is 1. The molecular formula is C18H18N4O3S. The number of amides is 3. The molecule has 1 aliphatic heterocycles. The van der Waals surface area contributed by atoms with Crippen molar-refractivity contribution in [1.82, 2.24) is 15.8 Å². The lowest BCUT2D eigenvalue weighted by Gasteiger charge is -2.17. The molecule has 3 rings (SSSR count). The quantitative estimate of drug-likeness (QED) is 0.630. The van der Waals surface area contributed by atoms with E-state index < -0.39 is 11.8 Å². The molecule has 1 atom stereocenters. The third kappa shape index (κ3) is 4.02. The highest BCUT2D eigenvalue weighted by molar-refractivity contribution is 7.98. The van der Waals surface area contributed by atoms with Crippen molar-refractivity contribution in [3.05, 3.63) is 54.4 Å². The second kappa shape index (κ2) is 8.01. The van der Waals surface area contributed by atoms with Gasteiger partial charge in [-0.3, -0.25) is 30.2 Å². The summed E-state index contributed by atoms with van der Waals surface area (Å²) in [6.07, 6.45) is 5.03. The van der Waals surface area contributed by atoms with Gasteiger partial charge in [0.1, 0.15) is 0 Å². The second-order valence-corrected chi connectivity index (χ2v) is 6.67. The Morgan fingerprint density at radius 3 is 2.81 bits per heavy atom. The molecule has 26 heavy (non-hydrogen) atoms. The van der Waals surface area contributed by atoms with Crippen LogP contribution in [0, 0.1) is 5.92 Å². The molecule has 1 fully saturated rings. The number of hydrogen-bond acceptors (Lipinski definition) is 5. The third-order valence-electron chi connectivity index (χ3n) is 4.08. The first-order chi connectivity index (χ1) is 12.6. The van der Waals surface area contributed by atoms with Crippen molar-refractivity contribution in [2.45, 2.75) is 11.3 Å². The molecule has 0 radical (unpaired) electrons. The normalized spacial score (nSPS) is 16.4. The van der Waals surface area contributed by atoms with Gasteiger partial charge < -0.3 is 4.90 Å². The zero-order chi connectivity index (χ0) is 18.5. The van der Waals surface area contributed by atoms with Gasteiger partial charge in [0.25, 0.3) is 5.91 Å². The standard InChI is InChI=1S/C18H18N4O3S/c1-26-15-6-2-5-14(9-15)22-11-13(8-16(22)23)18(25)21-20-17(24)12-4-3-7-19-10-12/h2-7,9-10,13H,8,11H2,1H3,(H,20,24)(H,21,25)/t13-/m1/s1. The number of carbonyl (C=O) groups excluding carboxylic acids is 3. The van der Waals surface area contributed by atoms with Crippen LogP contribution in [0.15, 0.2) is 53.7 Å². The molecule has 1 aromatic heterocycles. The van der Waals surface area contributed by atoms with Crippen LogP contribution < -0.4 is 15.8 Å². The molecule has 1 aromatic carbocycles. The monoisotopic (exact) mass is 370 g/mol. The van der Waals surface area contributed by atoms with E-state index in [2.05, 4.69) is 15.8 Å². The Morgan fingerprint density at radius 2 is 2.08 bits per heavy atom. The van der Waals surface area contributed by atoms with Gasteiger partial charge in [-0.2, -0.15) is 0 Å². The molecule has 134 valence electrons. The minimum atomic E-state index is -0.519. The smallest absolute Gasteiger partial charge is 0.271 e. The Hall–Kier alpha value is -2.87. The highest BCUT2D eigenvalue weighted by Crippen LogP contribution is 2.28.